The molecule has 20 heavy (non-hydrogen) atoms. The number of benzene rings is 1. The molecule has 2 rings (SSSR count). The van der Waals surface area contributed by atoms with Gasteiger partial charge in [-0.15, -0.1) is 0 Å². The molecule has 2 N–H and O–H groups in total. The summed E-state index contributed by atoms with van der Waals surface area (Å²) in [6.45, 7) is 3.87. The minimum atomic E-state index is -0.339. The lowest BCUT2D eigenvalue weighted by atomic mass is 10.1. The van der Waals surface area contributed by atoms with Crippen molar-refractivity contribution >= 4 is 0 Å². The minimum absolute atomic E-state index is 0.0756. The Labute approximate surface area is 121 Å². The van der Waals surface area contributed by atoms with Crippen LogP contribution in [0.3, 0.4) is 0 Å². The monoisotopic (exact) mass is 279 g/mol. The van der Waals surface area contributed by atoms with Crippen LogP contribution in [0.1, 0.15) is 38.2 Å². The number of aliphatic hydroxyl groups is 1. The van der Waals surface area contributed by atoms with Crippen molar-refractivity contribution in [2.24, 2.45) is 0 Å². The van der Waals surface area contributed by atoms with E-state index in [9.17, 15) is 5.11 Å². The molecule has 1 aromatic carbocycles. The minimum Gasteiger partial charge on any atom is -0.497 e. The summed E-state index contributed by atoms with van der Waals surface area (Å²) in [6, 6.07) is 5.84. The highest BCUT2D eigenvalue weighted by atomic mass is 16.5. The topological polar surface area (TPSA) is 50.7 Å². The second kappa shape index (κ2) is 7.50. The van der Waals surface area contributed by atoms with E-state index < -0.39 is 0 Å². The molecule has 1 aromatic rings. The van der Waals surface area contributed by atoms with Crippen molar-refractivity contribution in [3.05, 3.63) is 23.8 Å². The van der Waals surface area contributed by atoms with E-state index >= 15 is 0 Å². The van der Waals surface area contributed by atoms with E-state index in [0.717, 1.165) is 55.8 Å². The number of hydrogen-bond donors (Lipinski definition) is 2. The number of aliphatic hydroxyl groups excluding tert-OH is 1. The zero-order chi connectivity index (χ0) is 14.4. The van der Waals surface area contributed by atoms with E-state index in [1.807, 2.05) is 18.2 Å². The van der Waals surface area contributed by atoms with Gasteiger partial charge in [-0.1, -0.05) is 6.92 Å². The van der Waals surface area contributed by atoms with E-state index in [1.54, 1.807) is 7.11 Å². The summed E-state index contributed by atoms with van der Waals surface area (Å²) in [4.78, 5) is 0. The Hall–Kier alpha value is -1.26. The van der Waals surface area contributed by atoms with Gasteiger partial charge in [0.05, 0.1) is 13.2 Å². The normalized spacial score (nSPS) is 21.9. The molecule has 0 saturated heterocycles. The first-order valence-corrected chi connectivity index (χ1v) is 7.47. The smallest absolute Gasteiger partial charge is 0.124 e. The zero-order valence-corrected chi connectivity index (χ0v) is 12.4. The number of hydrogen-bond acceptors (Lipinski definition) is 4. The molecule has 0 aromatic heterocycles. The first-order chi connectivity index (χ1) is 9.74. The quantitative estimate of drug-likeness (QED) is 0.753. The van der Waals surface area contributed by atoms with Gasteiger partial charge in [0.2, 0.25) is 0 Å². The lowest BCUT2D eigenvalue weighted by Crippen LogP contribution is -2.26. The van der Waals surface area contributed by atoms with Crippen molar-refractivity contribution in [1.29, 1.82) is 0 Å². The van der Waals surface area contributed by atoms with E-state index in [1.165, 1.54) is 0 Å². The Balaban J connectivity index is 2.08. The van der Waals surface area contributed by atoms with Gasteiger partial charge in [-0.05, 0) is 50.4 Å². The van der Waals surface area contributed by atoms with Crippen LogP contribution in [0, 0.1) is 0 Å². The summed E-state index contributed by atoms with van der Waals surface area (Å²) < 4.78 is 11.3. The maximum Gasteiger partial charge on any atom is 0.124 e. The fourth-order valence-corrected chi connectivity index (χ4v) is 2.54. The predicted molar refractivity (Wildman–Crippen MR) is 79.3 cm³/mol. The zero-order valence-electron chi connectivity index (χ0n) is 12.4. The van der Waals surface area contributed by atoms with Crippen molar-refractivity contribution in [3.8, 4) is 11.5 Å². The number of rotatable bonds is 7. The molecule has 4 nitrogen and oxygen atoms in total. The van der Waals surface area contributed by atoms with Gasteiger partial charge in [-0.25, -0.2) is 0 Å². The number of ether oxygens (including phenoxy) is 2. The summed E-state index contributed by atoms with van der Waals surface area (Å²) in [5.41, 5.74) is 1.08. The molecule has 2 unspecified atom stereocenters. The van der Waals surface area contributed by atoms with E-state index in [0.29, 0.717) is 0 Å². The highest BCUT2D eigenvalue weighted by molar-refractivity contribution is 5.40. The number of methoxy groups -OCH3 is 1. The Kier molecular flexibility index (Phi) is 5.68. The van der Waals surface area contributed by atoms with Crippen LogP contribution in [0.5, 0.6) is 11.5 Å². The average molecular weight is 279 g/mol. The van der Waals surface area contributed by atoms with Crippen LogP contribution in [-0.2, 0) is 6.54 Å². The Morgan fingerprint density at radius 3 is 2.85 bits per heavy atom. The van der Waals surface area contributed by atoms with Crippen molar-refractivity contribution < 1.29 is 14.6 Å². The van der Waals surface area contributed by atoms with Gasteiger partial charge in [0.25, 0.3) is 0 Å². The third kappa shape index (κ3) is 3.87. The highest BCUT2D eigenvalue weighted by Gasteiger charge is 2.27. The molecule has 1 aliphatic rings. The predicted octanol–water partition coefficient (Wildman–Crippen LogP) is 2.49. The summed E-state index contributed by atoms with van der Waals surface area (Å²) in [5, 5.41) is 13.3. The Morgan fingerprint density at radius 1 is 1.35 bits per heavy atom. The molecule has 0 heterocycles. The molecule has 1 fully saturated rings. The van der Waals surface area contributed by atoms with Crippen LogP contribution < -0.4 is 14.8 Å². The average Bonchev–Trinajstić information content (AvgIpc) is 2.86. The lowest BCUT2D eigenvalue weighted by Gasteiger charge is -2.20. The molecule has 2 atom stereocenters. The van der Waals surface area contributed by atoms with Crippen LogP contribution >= 0.6 is 0 Å². The molecular formula is C16H25NO3. The molecule has 1 aliphatic carbocycles. The van der Waals surface area contributed by atoms with Crippen LogP contribution in [0.2, 0.25) is 0 Å². The Bertz CT molecular complexity index is 422. The second-order valence-electron chi connectivity index (χ2n) is 5.30. The largest absolute Gasteiger partial charge is 0.497 e. The Morgan fingerprint density at radius 2 is 2.20 bits per heavy atom. The van der Waals surface area contributed by atoms with Gasteiger partial charge in [0.15, 0.2) is 0 Å². The molecule has 0 aliphatic heterocycles. The fraction of sp³-hybridized carbons (Fsp3) is 0.625. The van der Waals surface area contributed by atoms with Crippen LogP contribution in [-0.4, -0.2) is 31.0 Å². The van der Waals surface area contributed by atoms with Gasteiger partial charge >= 0.3 is 0 Å². The van der Waals surface area contributed by atoms with E-state index in [4.69, 9.17) is 9.47 Å². The van der Waals surface area contributed by atoms with Crippen LogP contribution in [0.4, 0.5) is 0 Å². The standard InChI is InChI=1S/C16H25NO3/c1-3-9-17-11-12-10-13(19-2)7-8-15(12)20-16-6-4-5-14(16)18/h7-8,10,14,16-18H,3-6,9,11H2,1-2H3. The van der Waals surface area contributed by atoms with Crippen LogP contribution in [0.25, 0.3) is 0 Å². The molecule has 0 spiro atoms. The summed E-state index contributed by atoms with van der Waals surface area (Å²) in [7, 11) is 1.67. The summed E-state index contributed by atoms with van der Waals surface area (Å²) >= 11 is 0. The second-order valence-corrected chi connectivity index (χ2v) is 5.30. The maximum atomic E-state index is 9.89. The lowest BCUT2D eigenvalue weighted by molar-refractivity contribution is 0.0597. The molecule has 0 radical (unpaired) electrons. The van der Waals surface area contributed by atoms with Crippen molar-refractivity contribution in [2.75, 3.05) is 13.7 Å². The molecule has 1 saturated carbocycles. The van der Waals surface area contributed by atoms with Crippen molar-refractivity contribution in [3.63, 3.8) is 0 Å². The number of nitrogens with one attached hydrogen (secondary N) is 1. The molecule has 0 amide bonds. The van der Waals surface area contributed by atoms with E-state index in [-0.39, 0.29) is 12.2 Å². The van der Waals surface area contributed by atoms with Crippen molar-refractivity contribution in [2.45, 2.75) is 51.4 Å². The fourth-order valence-electron chi connectivity index (χ4n) is 2.54. The first-order valence-electron chi connectivity index (χ1n) is 7.47. The maximum absolute atomic E-state index is 9.89. The van der Waals surface area contributed by atoms with Gasteiger partial charge in [0, 0.05) is 12.1 Å². The van der Waals surface area contributed by atoms with Gasteiger partial charge in [-0.2, -0.15) is 0 Å². The molecular weight excluding hydrogens is 254 g/mol. The summed E-state index contributed by atoms with van der Waals surface area (Å²) in [5.74, 6) is 1.68. The molecule has 4 heteroatoms. The van der Waals surface area contributed by atoms with Gasteiger partial charge in [-0.3, -0.25) is 0 Å². The SMILES string of the molecule is CCCNCc1cc(OC)ccc1OC1CCCC1O. The first kappa shape index (κ1) is 15.1. The molecule has 112 valence electrons. The third-order valence-corrected chi connectivity index (χ3v) is 3.71. The van der Waals surface area contributed by atoms with E-state index in [2.05, 4.69) is 12.2 Å². The highest BCUT2D eigenvalue weighted by Crippen LogP contribution is 2.29. The van der Waals surface area contributed by atoms with Crippen LogP contribution in [0.15, 0.2) is 18.2 Å². The third-order valence-electron chi connectivity index (χ3n) is 3.71. The van der Waals surface area contributed by atoms with Crippen molar-refractivity contribution in [1.82, 2.24) is 5.32 Å². The van der Waals surface area contributed by atoms with Gasteiger partial charge in [0.1, 0.15) is 17.6 Å². The van der Waals surface area contributed by atoms with Gasteiger partial charge < -0.3 is 19.9 Å². The molecule has 0 bridgehead atoms. The summed E-state index contributed by atoms with van der Waals surface area (Å²) in [6.07, 6.45) is 3.48.